The van der Waals surface area contributed by atoms with Crippen LogP contribution in [0.4, 0.5) is 0 Å². The number of ether oxygens (including phenoxy) is 1. The Balaban J connectivity index is 1.96. The van der Waals surface area contributed by atoms with Crippen molar-refractivity contribution in [2.45, 2.75) is 31.8 Å². The summed E-state index contributed by atoms with van der Waals surface area (Å²) in [5.74, 6) is 0. The normalized spacial score (nSPS) is 23.0. The van der Waals surface area contributed by atoms with Gasteiger partial charge in [0.1, 0.15) is 0 Å². The maximum Gasteiger partial charge on any atom is 0.0619 e. The third-order valence-corrected chi connectivity index (χ3v) is 3.36. The molecule has 0 spiro atoms. The minimum absolute atomic E-state index is 0.278. The molecule has 0 radical (unpaired) electrons. The van der Waals surface area contributed by atoms with Crippen molar-refractivity contribution < 1.29 is 4.74 Å². The Labute approximate surface area is 102 Å². The minimum Gasteiger partial charge on any atom is -0.380 e. The third kappa shape index (κ3) is 2.97. The van der Waals surface area contributed by atoms with E-state index in [2.05, 4.69) is 18.3 Å². The zero-order valence-corrected chi connectivity index (χ0v) is 10.3. The molecule has 1 aromatic carbocycles. The predicted molar refractivity (Wildman–Crippen MR) is 66.8 cm³/mol. The lowest BCUT2D eigenvalue weighted by Crippen LogP contribution is -2.38. The molecule has 2 nitrogen and oxygen atoms in total. The van der Waals surface area contributed by atoms with Gasteiger partial charge in [0.25, 0.3) is 0 Å². The van der Waals surface area contributed by atoms with Crippen LogP contribution in [0, 0.1) is 0 Å². The van der Waals surface area contributed by atoms with E-state index in [-0.39, 0.29) is 6.04 Å². The lowest BCUT2D eigenvalue weighted by atomic mass is 10.0. The van der Waals surface area contributed by atoms with Gasteiger partial charge >= 0.3 is 0 Å². The van der Waals surface area contributed by atoms with Gasteiger partial charge in [0.2, 0.25) is 0 Å². The molecule has 0 aliphatic carbocycles. The van der Waals surface area contributed by atoms with Crippen molar-refractivity contribution in [1.82, 2.24) is 5.32 Å². The minimum atomic E-state index is 0.278. The van der Waals surface area contributed by atoms with Crippen molar-refractivity contribution in [3.63, 3.8) is 0 Å². The van der Waals surface area contributed by atoms with Crippen LogP contribution in [0.1, 0.15) is 31.4 Å². The van der Waals surface area contributed by atoms with Gasteiger partial charge in [0.05, 0.1) is 6.61 Å². The summed E-state index contributed by atoms with van der Waals surface area (Å²) >= 11 is 6.17. The van der Waals surface area contributed by atoms with Crippen LogP contribution in [0.5, 0.6) is 0 Å². The van der Waals surface area contributed by atoms with Crippen LogP contribution >= 0.6 is 11.6 Å². The molecule has 1 saturated heterocycles. The Hall–Kier alpha value is -0.570. The fraction of sp³-hybridized carbons (Fsp3) is 0.538. The van der Waals surface area contributed by atoms with Crippen molar-refractivity contribution in [3.8, 4) is 0 Å². The van der Waals surface area contributed by atoms with Crippen molar-refractivity contribution in [1.29, 1.82) is 0 Å². The lowest BCUT2D eigenvalue weighted by molar-refractivity contribution is 0.0671. The Kier molecular flexibility index (Phi) is 4.22. The fourth-order valence-corrected chi connectivity index (χ4v) is 2.44. The van der Waals surface area contributed by atoms with Gasteiger partial charge in [-0.1, -0.05) is 29.8 Å². The molecule has 1 fully saturated rings. The first-order chi connectivity index (χ1) is 7.77. The van der Waals surface area contributed by atoms with E-state index in [4.69, 9.17) is 16.3 Å². The van der Waals surface area contributed by atoms with Crippen LogP contribution in [-0.2, 0) is 4.74 Å². The molecule has 1 aliphatic rings. The van der Waals surface area contributed by atoms with Gasteiger partial charge in [-0.2, -0.15) is 0 Å². The molecule has 1 aliphatic heterocycles. The largest absolute Gasteiger partial charge is 0.380 e. The molecular formula is C13H18ClNO. The molecule has 3 heteroatoms. The average molecular weight is 240 g/mol. The summed E-state index contributed by atoms with van der Waals surface area (Å²) in [5, 5.41) is 4.40. The molecule has 88 valence electrons. The SMILES string of the molecule is C[C@H](NC1CCCOC1)c1ccccc1Cl. The van der Waals surface area contributed by atoms with E-state index in [0.717, 1.165) is 30.2 Å². The monoisotopic (exact) mass is 239 g/mol. The molecule has 1 N–H and O–H groups in total. The molecule has 2 atom stereocenters. The molecule has 1 heterocycles. The van der Waals surface area contributed by atoms with Gasteiger partial charge in [-0.25, -0.2) is 0 Å². The number of halogens is 1. The highest BCUT2D eigenvalue weighted by Gasteiger charge is 2.17. The topological polar surface area (TPSA) is 21.3 Å². The molecule has 0 saturated carbocycles. The maximum atomic E-state index is 6.17. The quantitative estimate of drug-likeness (QED) is 0.875. The molecule has 0 bridgehead atoms. The number of nitrogens with one attached hydrogen (secondary N) is 1. The van der Waals surface area contributed by atoms with Crippen molar-refractivity contribution in [2.24, 2.45) is 0 Å². The first kappa shape index (κ1) is 11.9. The van der Waals surface area contributed by atoms with Crippen LogP contribution in [0.2, 0.25) is 5.02 Å². The number of hydrogen-bond donors (Lipinski definition) is 1. The highest BCUT2D eigenvalue weighted by molar-refractivity contribution is 6.31. The summed E-state index contributed by atoms with van der Waals surface area (Å²) in [6.45, 7) is 3.86. The second-order valence-electron chi connectivity index (χ2n) is 4.32. The van der Waals surface area contributed by atoms with Crippen LogP contribution < -0.4 is 5.32 Å². The first-order valence-corrected chi connectivity index (χ1v) is 6.23. The van der Waals surface area contributed by atoms with E-state index in [1.54, 1.807) is 0 Å². The van der Waals surface area contributed by atoms with E-state index in [0.29, 0.717) is 6.04 Å². The number of rotatable bonds is 3. The zero-order chi connectivity index (χ0) is 11.4. The molecule has 16 heavy (non-hydrogen) atoms. The van der Waals surface area contributed by atoms with Crippen LogP contribution in [0.15, 0.2) is 24.3 Å². The summed E-state index contributed by atoms with van der Waals surface area (Å²) in [4.78, 5) is 0. The summed E-state index contributed by atoms with van der Waals surface area (Å²) in [6.07, 6.45) is 2.34. The van der Waals surface area contributed by atoms with Crippen LogP contribution in [0.25, 0.3) is 0 Å². The molecular weight excluding hydrogens is 222 g/mol. The third-order valence-electron chi connectivity index (χ3n) is 3.02. The Morgan fingerprint density at radius 3 is 2.94 bits per heavy atom. The summed E-state index contributed by atoms with van der Waals surface area (Å²) in [5.41, 5.74) is 1.16. The molecule has 0 amide bonds. The van der Waals surface area contributed by atoms with E-state index >= 15 is 0 Å². The fourth-order valence-electron chi connectivity index (χ4n) is 2.14. The summed E-state index contributed by atoms with van der Waals surface area (Å²) in [7, 11) is 0. The molecule has 1 aromatic rings. The lowest BCUT2D eigenvalue weighted by Gasteiger charge is -2.27. The van der Waals surface area contributed by atoms with E-state index in [9.17, 15) is 0 Å². The Morgan fingerprint density at radius 1 is 1.44 bits per heavy atom. The van der Waals surface area contributed by atoms with Gasteiger partial charge in [0, 0.05) is 23.7 Å². The molecule has 1 unspecified atom stereocenters. The Morgan fingerprint density at radius 2 is 2.25 bits per heavy atom. The Bertz CT molecular complexity index is 336. The highest BCUT2D eigenvalue weighted by atomic mass is 35.5. The van der Waals surface area contributed by atoms with Gasteiger partial charge in [0.15, 0.2) is 0 Å². The van der Waals surface area contributed by atoms with Crippen molar-refractivity contribution >= 4 is 11.6 Å². The molecule has 0 aromatic heterocycles. The highest BCUT2D eigenvalue weighted by Crippen LogP contribution is 2.23. The average Bonchev–Trinajstić information content (AvgIpc) is 2.31. The maximum absolute atomic E-state index is 6.17. The summed E-state index contributed by atoms with van der Waals surface area (Å²) < 4.78 is 5.45. The van der Waals surface area contributed by atoms with Gasteiger partial charge < -0.3 is 10.1 Å². The molecule has 2 rings (SSSR count). The van der Waals surface area contributed by atoms with Crippen LogP contribution in [0.3, 0.4) is 0 Å². The predicted octanol–water partition coefficient (Wildman–Crippen LogP) is 3.17. The van der Waals surface area contributed by atoms with E-state index in [1.807, 2.05) is 18.2 Å². The smallest absolute Gasteiger partial charge is 0.0619 e. The first-order valence-electron chi connectivity index (χ1n) is 5.85. The van der Waals surface area contributed by atoms with Crippen molar-refractivity contribution in [2.75, 3.05) is 13.2 Å². The van der Waals surface area contributed by atoms with Gasteiger partial charge in [-0.15, -0.1) is 0 Å². The van der Waals surface area contributed by atoms with E-state index in [1.165, 1.54) is 6.42 Å². The standard InChI is InChI=1S/C13H18ClNO/c1-10(12-6-2-3-7-13(12)14)15-11-5-4-8-16-9-11/h2-3,6-7,10-11,15H,4-5,8-9H2,1H3/t10-,11?/m0/s1. The zero-order valence-electron chi connectivity index (χ0n) is 9.58. The second kappa shape index (κ2) is 5.67. The van der Waals surface area contributed by atoms with Crippen LogP contribution in [-0.4, -0.2) is 19.3 Å². The number of hydrogen-bond acceptors (Lipinski definition) is 2. The second-order valence-corrected chi connectivity index (χ2v) is 4.73. The number of benzene rings is 1. The van der Waals surface area contributed by atoms with Gasteiger partial charge in [-0.3, -0.25) is 0 Å². The summed E-state index contributed by atoms with van der Waals surface area (Å²) in [6, 6.07) is 8.73. The van der Waals surface area contributed by atoms with Gasteiger partial charge in [-0.05, 0) is 31.4 Å². The van der Waals surface area contributed by atoms with Crippen molar-refractivity contribution in [3.05, 3.63) is 34.9 Å². The van der Waals surface area contributed by atoms with E-state index < -0.39 is 0 Å².